The third kappa shape index (κ3) is 3.09. The van der Waals surface area contributed by atoms with Gasteiger partial charge in [0, 0.05) is 19.0 Å². The minimum atomic E-state index is 0.331. The summed E-state index contributed by atoms with van der Waals surface area (Å²) >= 11 is 7.74. The van der Waals surface area contributed by atoms with Crippen molar-refractivity contribution in [1.29, 1.82) is 0 Å². The van der Waals surface area contributed by atoms with E-state index < -0.39 is 0 Å². The number of ether oxygens (including phenoxy) is 1. The van der Waals surface area contributed by atoms with Crippen LogP contribution >= 0.6 is 35.9 Å². The maximum absolute atomic E-state index is 5.40. The Balaban J connectivity index is 1.89. The molecular weight excluding hydrogens is 248 g/mol. The van der Waals surface area contributed by atoms with Gasteiger partial charge in [0.05, 0.1) is 0 Å². The zero-order chi connectivity index (χ0) is 10.6. The summed E-state index contributed by atoms with van der Waals surface area (Å²) in [7, 11) is 0. The van der Waals surface area contributed by atoms with Crippen molar-refractivity contribution in [2.24, 2.45) is 5.41 Å². The van der Waals surface area contributed by atoms with Crippen molar-refractivity contribution in [1.82, 2.24) is 9.36 Å². The molecule has 2 rings (SSSR count). The monoisotopic (exact) mass is 262 g/mol. The summed E-state index contributed by atoms with van der Waals surface area (Å²) in [5.74, 6) is 2.01. The van der Waals surface area contributed by atoms with Gasteiger partial charge in [0.15, 0.2) is 4.34 Å². The number of hydrogen-bond acceptors (Lipinski definition) is 6. The van der Waals surface area contributed by atoms with Gasteiger partial charge in [0.1, 0.15) is 6.33 Å². The van der Waals surface area contributed by atoms with E-state index in [0.29, 0.717) is 5.41 Å². The first kappa shape index (κ1) is 11.7. The van der Waals surface area contributed by atoms with Crippen molar-refractivity contribution in [3.8, 4) is 0 Å². The molecule has 2 heterocycles. The molecule has 84 valence electrons. The highest BCUT2D eigenvalue weighted by atomic mass is 32.2. The molecule has 0 aromatic carbocycles. The molecule has 0 saturated carbocycles. The van der Waals surface area contributed by atoms with Crippen LogP contribution in [0.2, 0.25) is 0 Å². The SMILES string of the molecule is SCC1(CSc2ncns2)CCOCC1. The van der Waals surface area contributed by atoms with Gasteiger partial charge in [0.25, 0.3) is 0 Å². The number of hydrogen-bond donors (Lipinski definition) is 1. The smallest absolute Gasteiger partial charge is 0.169 e. The lowest BCUT2D eigenvalue weighted by atomic mass is 9.84. The van der Waals surface area contributed by atoms with Crippen molar-refractivity contribution in [3.05, 3.63) is 6.33 Å². The number of nitrogens with zero attached hydrogens (tertiary/aromatic N) is 2. The lowest BCUT2D eigenvalue weighted by molar-refractivity contribution is 0.0371. The normalized spacial score (nSPS) is 20.3. The van der Waals surface area contributed by atoms with Crippen molar-refractivity contribution in [3.63, 3.8) is 0 Å². The molecule has 0 unspecified atom stereocenters. The molecule has 15 heavy (non-hydrogen) atoms. The topological polar surface area (TPSA) is 35.0 Å². The first-order valence-electron chi connectivity index (χ1n) is 4.93. The molecule has 0 N–H and O–H groups in total. The van der Waals surface area contributed by atoms with Gasteiger partial charge in [-0.3, -0.25) is 0 Å². The Morgan fingerprint density at radius 2 is 2.33 bits per heavy atom. The Bertz CT molecular complexity index is 286. The molecule has 6 heteroatoms. The van der Waals surface area contributed by atoms with Crippen LogP contribution in [0.3, 0.4) is 0 Å². The fourth-order valence-electron chi connectivity index (χ4n) is 1.59. The van der Waals surface area contributed by atoms with Crippen LogP contribution in [0.25, 0.3) is 0 Å². The minimum absolute atomic E-state index is 0.331. The van der Waals surface area contributed by atoms with Crippen LogP contribution in [0.5, 0.6) is 0 Å². The summed E-state index contributed by atoms with van der Waals surface area (Å²) in [6, 6.07) is 0. The molecule has 0 atom stereocenters. The first-order valence-corrected chi connectivity index (χ1v) is 7.32. The second-order valence-corrected chi connectivity index (χ2v) is 6.09. The zero-order valence-corrected chi connectivity index (χ0v) is 10.9. The number of thioether (sulfide) groups is 1. The highest BCUT2D eigenvalue weighted by Gasteiger charge is 2.31. The molecule has 1 aromatic heterocycles. The third-order valence-electron chi connectivity index (χ3n) is 2.73. The largest absolute Gasteiger partial charge is 0.381 e. The van der Waals surface area contributed by atoms with E-state index in [-0.39, 0.29) is 0 Å². The van der Waals surface area contributed by atoms with Crippen LogP contribution in [-0.2, 0) is 4.74 Å². The molecule has 1 saturated heterocycles. The molecule has 1 aliphatic heterocycles. The Morgan fingerprint density at radius 3 is 2.93 bits per heavy atom. The Kier molecular flexibility index (Phi) is 4.30. The maximum atomic E-state index is 5.40. The minimum Gasteiger partial charge on any atom is -0.381 e. The summed E-state index contributed by atoms with van der Waals surface area (Å²) in [6.07, 6.45) is 3.84. The third-order valence-corrected chi connectivity index (χ3v) is 5.55. The van der Waals surface area contributed by atoms with Crippen molar-refractivity contribution in [2.75, 3.05) is 24.7 Å². The highest BCUT2D eigenvalue weighted by Crippen LogP contribution is 2.37. The first-order chi connectivity index (χ1) is 7.35. The van der Waals surface area contributed by atoms with Gasteiger partial charge in [0.2, 0.25) is 0 Å². The second-order valence-electron chi connectivity index (χ2n) is 3.77. The molecule has 0 aliphatic carbocycles. The number of thiol groups is 1. The van der Waals surface area contributed by atoms with E-state index >= 15 is 0 Å². The highest BCUT2D eigenvalue weighted by molar-refractivity contribution is 8.01. The second kappa shape index (κ2) is 5.52. The quantitative estimate of drug-likeness (QED) is 0.667. The predicted octanol–water partition coefficient (Wildman–Crippen LogP) is 2.36. The standard InChI is InChI=1S/C9H14N2OS3/c13-5-9(1-3-12-4-2-9)6-14-8-10-7-11-15-8/h7,13H,1-6H2. The molecule has 1 fully saturated rings. The Hall–Kier alpha value is 0.220. The van der Waals surface area contributed by atoms with Crippen LogP contribution in [0.4, 0.5) is 0 Å². The van der Waals surface area contributed by atoms with Crippen LogP contribution in [0.15, 0.2) is 10.7 Å². The van der Waals surface area contributed by atoms with Crippen molar-refractivity contribution in [2.45, 2.75) is 17.2 Å². The average Bonchev–Trinajstić information content (AvgIpc) is 2.81. The van der Waals surface area contributed by atoms with E-state index in [9.17, 15) is 0 Å². The lowest BCUT2D eigenvalue weighted by Crippen LogP contribution is -2.33. The average molecular weight is 262 g/mol. The molecule has 0 bridgehead atoms. The predicted molar refractivity (Wildman–Crippen MR) is 67.0 cm³/mol. The summed E-state index contributed by atoms with van der Waals surface area (Å²) in [4.78, 5) is 4.18. The molecule has 3 nitrogen and oxygen atoms in total. The van der Waals surface area contributed by atoms with Crippen LogP contribution < -0.4 is 0 Å². The van der Waals surface area contributed by atoms with Gasteiger partial charge in [-0.2, -0.15) is 17.0 Å². The van der Waals surface area contributed by atoms with E-state index in [1.54, 1.807) is 18.1 Å². The number of rotatable bonds is 4. The summed E-state index contributed by atoms with van der Waals surface area (Å²) in [5.41, 5.74) is 0.331. The Morgan fingerprint density at radius 1 is 1.53 bits per heavy atom. The molecule has 1 aliphatic rings. The van der Waals surface area contributed by atoms with E-state index in [1.165, 1.54) is 11.5 Å². The van der Waals surface area contributed by atoms with Gasteiger partial charge >= 0.3 is 0 Å². The van der Waals surface area contributed by atoms with E-state index in [0.717, 1.165) is 41.9 Å². The lowest BCUT2D eigenvalue weighted by Gasteiger charge is -2.35. The van der Waals surface area contributed by atoms with Gasteiger partial charge < -0.3 is 4.74 Å². The fourth-order valence-corrected chi connectivity index (χ4v) is 3.91. The van der Waals surface area contributed by atoms with Crippen molar-refractivity contribution < 1.29 is 4.74 Å². The molecule has 1 aromatic rings. The Labute approximate surface area is 104 Å². The van der Waals surface area contributed by atoms with Crippen LogP contribution in [0, 0.1) is 5.41 Å². The van der Waals surface area contributed by atoms with E-state index in [1.807, 2.05) is 0 Å². The van der Waals surface area contributed by atoms with E-state index in [4.69, 9.17) is 4.74 Å². The fraction of sp³-hybridized carbons (Fsp3) is 0.778. The summed E-state index contributed by atoms with van der Waals surface area (Å²) in [6.45, 7) is 1.74. The molecule has 0 amide bonds. The van der Waals surface area contributed by atoms with Crippen molar-refractivity contribution >= 4 is 35.9 Å². The van der Waals surface area contributed by atoms with Gasteiger partial charge in [-0.1, -0.05) is 11.8 Å². The maximum Gasteiger partial charge on any atom is 0.169 e. The summed E-state index contributed by atoms with van der Waals surface area (Å²) in [5, 5.41) is 0. The van der Waals surface area contributed by atoms with Gasteiger partial charge in [-0.05, 0) is 35.5 Å². The van der Waals surface area contributed by atoms with Crippen LogP contribution in [-0.4, -0.2) is 34.1 Å². The molecule has 0 spiro atoms. The molecule has 0 radical (unpaired) electrons. The van der Waals surface area contributed by atoms with Crippen LogP contribution in [0.1, 0.15) is 12.8 Å². The number of aromatic nitrogens is 2. The summed E-state index contributed by atoms with van der Waals surface area (Å²) < 4.78 is 10.5. The molecular formula is C9H14N2OS3. The van der Waals surface area contributed by atoms with Gasteiger partial charge in [-0.15, -0.1) is 0 Å². The zero-order valence-electron chi connectivity index (χ0n) is 8.39. The van der Waals surface area contributed by atoms with E-state index in [2.05, 4.69) is 22.0 Å². The van der Waals surface area contributed by atoms with Gasteiger partial charge in [-0.25, -0.2) is 4.98 Å².